The van der Waals surface area contributed by atoms with E-state index in [2.05, 4.69) is 11.8 Å². The van der Waals surface area contributed by atoms with E-state index in [-0.39, 0.29) is 18.2 Å². The number of hydrogen-bond donors (Lipinski definition) is 0. The molecule has 1 fully saturated rings. The van der Waals surface area contributed by atoms with Crippen molar-refractivity contribution < 1.29 is 4.79 Å². The number of likely N-dealkylation sites (tertiary alicyclic amines) is 1. The van der Waals surface area contributed by atoms with Crippen molar-refractivity contribution in [2.75, 3.05) is 19.6 Å². The average molecular weight is 254 g/mol. The molecule has 0 aromatic heterocycles. The average Bonchev–Trinajstić information content (AvgIpc) is 2.33. The molecule has 0 amide bonds. The number of nitrogens with zero attached hydrogens (tertiary/aromatic N) is 1. The highest BCUT2D eigenvalue weighted by molar-refractivity contribution is 5.97. The van der Waals surface area contributed by atoms with Crippen molar-refractivity contribution in [2.24, 2.45) is 5.92 Å². The number of Topliss-reactive ketones (excluding diaryl/α,β-unsaturated/α-hetero) is 1. The van der Waals surface area contributed by atoms with Crippen LogP contribution in [0.3, 0.4) is 0 Å². The van der Waals surface area contributed by atoms with E-state index < -0.39 is 0 Å². The van der Waals surface area contributed by atoms with Gasteiger partial charge in [-0.1, -0.05) is 37.3 Å². The lowest BCUT2D eigenvalue weighted by Gasteiger charge is -2.29. The Bertz CT molecular complexity index is 344. The normalized spacial score (nSPS) is 17.5. The third-order valence-electron chi connectivity index (χ3n) is 3.34. The Hall–Kier alpha value is -0.860. The number of benzene rings is 1. The number of halogens is 1. The van der Waals surface area contributed by atoms with Crippen molar-refractivity contribution in [1.82, 2.24) is 4.90 Å². The minimum atomic E-state index is 0. The van der Waals surface area contributed by atoms with Gasteiger partial charge in [0.05, 0.1) is 6.54 Å². The van der Waals surface area contributed by atoms with Gasteiger partial charge in [0.2, 0.25) is 0 Å². The van der Waals surface area contributed by atoms with Crippen LogP contribution in [0.5, 0.6) is 0 Å². The van der Waals surface area contributed by atoms with Crippen LogP contribution in [0, 0.1) is 5.92 Å². The molecule has 1 aliphatic heterocycles. The predicted molar refractivity (Wildman–Crippen MR) is 72.9 cm³/mol. The molecule has 1 saturated heterocycles. The lowest BCUT2D eigenvalue weighted by Crippen LogP contribution is -2.36. The summed E-state index contributed by atoms with van der Waals surface area (Å²) in [7, 11) is 0. The summed E-state index contributed by atoms with van der Waals surface area (Å²) in [5, 5.41) is 0. The fourth-order valence-electron chi connectivity index (χ4n) is 2.14. The summed E-state index contributed by atoms with van der Waals surface area (Å²) in [4.78, 5) is 14.2. The molecule has 1 heterocycles. The molecule has 0 atom stereocenters. The van der Waals surface area contributed by atoms with Crippen molar-refractivity contribution in [3.8, 4) is 0 Å². The van der Waals surface area contributed by atoms with Crippen LogP contribution in [0.25, 0.3) is 0 Å². The second-order valence-corrected chi connectivity index (χ2v) is 4.75. The number of ketones is 1. The summed E-state index contributed by atoms with van der Waals surface area (Å²) >= 11 is 0. The van der Waals surface area contributed by atoms with Crippen LogP contribution in [0.4, 0.5) is 0 Å². The molecular weight excluding hydrogens is 234 g/mol. The summed E-state index contributed by atoms with van der Waals surface area (Å²) in [6.07, 6.45) is 2.45. The standard InChI is InChI=1S/C14H19NO.ClH/c1-12-7-9-15(10-8-12)11-14(16)13-5-3-2-4-6-13;/h2-6,12H,7-11H2,1H3;1H. The van der Waals surface area contributed by atoms with Crippen LogP contribution in [0.2, 0.25) is 0 Å². The minimum Gasteiger partial charge on any atom is -0.296 e. The van der Waals surface area contributed by atoms with Gasteiger partial charge >= 0.3 is 0 Å². The molecule has 0 radical (unpaired) electrons. The third kappa shape index (κ3) is 4.14. The first-order valence-corrected chi connectivity index (χ1v) is 6.06. The Morgan fingerprint density at radius 1 is 1.24 bits per heavy atom. The van der Waals surface area contributed by atoms with Crippen molar-refractivity contribution >= 4 is 18.2 Å². The molecule has 1 aromatic rings. The smallest absolute Gasteiger partial charge is 0.176 e. The molecule has 0 N–H and O–H groups in total. The predicted octanol–water partition coefficient (Wildman–Crippen LogP) is 3.02. The maximum absolute atomic E-state index is 12.0. The van der Waals surface area contributed by atoms with E-state index in [4.69, 9.17) is 0 Å². The van der Waals surface area contributed by atoms with Crippen LogP contribution in [0.1, 0.15) is 30.1 Å². The van der Waals surface area contributed by atoms with E-state index >= 15 is 0 Å². The van der Waals surface area contributed by atoms with Crippen molar-refractivity contribution in [3.63, 3.8) is 0 Å². The largest absolute Gasteiger partial charge is 0.296 e. The van der Waals surface area contributed by atoms with Gasteiger partial charge in [-0.25, -0.2) is 0 Å². The molecular formula is C14H20ClNO. The molecule has 17 heavy (non-hydrogen) atoms. The first-order valence-electron chi connectivity index (χ1n) is 6.06. The Morgan fingerprint density at radius 3 is 2.41 bits per heavy atom. The third-order valence-corrected chi connectivity index (χ3v) is 3.34. The zero-order valence-corrected chi connectivity index (χ0v) is 11.1. The summed E-state index contributed by atoms with van der Waals surface area (Å²) < 4.78 is 0. The Balaban J connectivity index is 0.00000144. The number of carbonyl (C=O) groups excluding carboxylic acids is 1. The van der Waals surface area contributed by atoms with Crippen LogP contribution < -0.4 is 0 Å². The fraction of sp³-hybridized carbons (Fsp3) is 0.500. The van der Waals surface area contributed by atoms with Gasteiger partial charge in [-0.3, -0.25) is 9.69 Å². The van der Waals surface area contributed by atoms with Gasteiger partial charge in [0.1, 0.15) is 0 Å². The van der Waals surface area contributed by atoms with Crippen LogP contribution in [-0.4, -0.2) is 30.3 Å². The van der Waals surface area contributed by atoms with E-state index in [0.29, 0.717) is 6.54 Å². The monoisotopic (exact) mass is 253 g/mol. The molecule has 0 aliphatic carbocycles. The van der Waals surface area contributed by atoms with E-state index in [9.17, 15) is 4.79 Å². The number of carbonyl (C=O) groups is 1. The molecule has 0 spiro atoms. The zero-order chi connectivity index (χ0) is 11.4. The molecule has 3 heteroatoms. The van der Waals surface area contributed by atoms with Crippen molar-refractivity contribution in [2.45, 2.75) is 19.8 Å². The maximum Gasteiger partial charge on any atom is 0.176 e. The van der Waals surface area contributed by atoms with Crippen molar-refractivity contribution in [1.29, 1.82) is 0 Å². The number of hydrogen-bond acceptors (Lipinski definition) is 2. The van der Waals surface area contributed by atoms with E-state index in [1.807, 2.05) is 30.3 Å². The highest BCUT2D eigenvalue weighted by Gasteiger charge is 2.18. The lowest BCUT2D eigenvalue weighted by atomic mass is 9.99. The first-order chi connectivity index (χ1) is 7.75. The molecule has 94 valence electrons. The highest BCUT2D eigenvalue weighted by Crippen LogP contribution is 2.16. The van der Waals surface area contributed by atoms with Gasteiger partial charge in [-0.05, 0) is 31.8 Å². The summed E-state index contributed by atoms with van der Waals surface area (Å²) in [6.45, 7) is 5.01. The molecule has 0 saturated carbocycles. The van der Waals surface area contributed by atoms with Gasteiger partial charge in [0, 0.05) is 5.56 Å². The highest BCUT2D eigenvalue weighted by atomic mass is 35.5. The second-order valence-electron chi connectivity index (χ2n) is 4.75. The molecule has 0 unspecified atom stereocenters. The quantitative estimate of drug-likeness (QED) is 0.772. The van der Waals surface area contributed by atoms with Gasteiger partial charge in [0.25, 0.3) is 0 Å². The second kappa shape index (κ2) is 6.77. The van der Waals surface area contributed by atoms with Crippen LogP contribution in [0.15, 0.2) is 30.3 Å². The van der Waals surface area contributed by atoms with E-state index in [1.165, 1.54) is 12.8 Å². The molecule has 2 rings (SSSR count). The molecule has 0 bridgehead atoms. The minimum absolute atomic E-state index is 0. The Morgan fingerprint density at radius 2 is 1.82 bits per heavy atom. The summed E-state index contributed by atoms with van der Waals surface area (Å²) in [5.41, 5.74) is 0.834. The van der Waals surface area contributed by atoms with E-state index in [1.54, 1.807) is 0 Å². The van der Waals surface area contributed by atoms with Gasteiger partial charge in [-0.15, -0.1) is 12.4 Å². The van der Waals surface area contributed by atoms with Gasteiger partial charge in [-0.2, -0.15) is 0 Å². The van der Waals surface area contributed by atoms with Crippen LogP contribution in [-0.2, 0) is 0 Å². The number of rotatable bonds is 3. The molecule has 2 nitrogen and oxygen atoms in total. The fourth-order valence-corrected chi connectivity index (χ4v) is 2.14. The Kier molecular flexibility index (Phi) is 5.66. The van der Waals surface area contributed by atoms with Gasteiger partial charge < -0.3 is 0 Å². The summed E-state index contributed by atoms with van der Waals surface area (Å²) in [6, 6.07) is 9.58. The summed E-state index contributed by atoms with van der Waals surface area (Å²) in [5.74, 6) is 1.07. The zero-order valence-electron chi connectivity index (χ0n) is 10.3. The van der Waals surface area contributed by atoms with Crippen molar-refractivity contribution in [3.05, 3.63) is 35.9 Å². The lowest BCUT2D eigenvalue weighted by molar-refractivity contribution is 0.0900. The first kappa shape index (κ1) is 14.2. The maximum atomic E-state index is 12.0. The molecule has 1 aliphatic rings. The topological polar surface area (TPSA) is 20.3 Å². The SMILES string of the molecule is CC1CCN(CC(=O)c2ccccc2)CC1.Cl. The molecule has 1 aromatic carbocycles. The van der Waals surface area contributed by atoms with Gasteiger partial charge in [0.15, 0.2) is 5.78 Å². The van der Waals surface area contributed by atoms with E-state index in [0.717, 1.165) is 24.6 Å². The Labute approximate surface area is 109 Å². The van der Waals surface area contributed by atoms with Crippen LogP contribution >= 0.6 is 12.4 Å². The number of piperidine rings is 1.